The van der Waals surface area contributed by atoms with Crippen LogP contribution in [0.5, 0.6) is 17.2 Å². The summed E-state index contributed by atoms with van der Waals surface area (Å²) < 4.78 is 17.3. The highest BCUT2D eigenvalue weighted by atomic mass is 79.9. The van der Waals surface area contributed by atoms with E-state index in [1.807, 2.05) is 19.1 Å². The van der Waals surface area contributed by atoms with Gasteiger partial charge in [0, 0.05) is 13.1 Å². The Bertz CT molecular complexity index is 927. The standard InChI is InChI=1S/C22H24BrNO3/c1-4-27-21-11-16(10-20(23)22(21)26-3)14-24-13-15-5-6-18-12-19(25-2)8-7-17(18)9-15/h5-12,24H,4,13-14H2,1-3H3. The van der Waals surface area contributed by atoms with E-state index in [1.54, 1.807) is 14.2 Å². The molecular formula is C22H24BrNO3. The number of methoxy groups -OCH3 is 2. The third kappa shape index (κ3) is 4.73. The van der Waals surface area contributed by atoms with Gasteiger partial charge in [0.25, 0.3) is 0 Å². The number of hydrogen-bond acceptors (Lipinski definition) is 4. The molecule has 0 aliphatic heterocycles. The Kier molecular flexibility index (Phi) is 6.58. The highest BCUT2D eigenvalue weighted by Crippen LogP contribution is 2.36. The molecule has 0 atom stereocenters. The number of benzene rings is 3. The molecule has 0 spiro atoms. The molecule has 3 aromatic rings. The van der Waals surface area contributed by atoms with Crippen LogP contribution >= 0.6 is 15.9 Å². The average molecular weight is 430 g/mol. The number of fused-ring (bicyclic) bond motifs is 1. The Balaban J connectivity index is 1.68. The summed E-state index contributed by atoms with van der Waals surface area (Å²) in [5.41, 5.74) is 2.38. The van der Waals surface area contributed by atoms with E-state index in [2.05, 4.69) is 57.6 Å². The topological polar surface area (TPSA) is 39.7 Å². The van der Waals surface area contributed by atoms with Crippen molar-refractivity contribution < 1.29 is 14.2 Å². The Labute approximate surface area is 168 Å². The van der Waals surface area contributed by atoms with E-state index in [4.69, 9.17) is 14.2 Å². The molecule has 0 aliphatic carbocycles. The fourth-order valence-corrected chi connectivity index (χ4v) is 3.70. The highest BCUT2D eigenvalue weighted by Gasteiger charge is 2.11. The number of hydrogen-bond donors (Lipinski definition) is 1. The van der Waals surface area contributed by atoms with Gasteiger partial charge in [-0.1, -0.05) is 18.2 Å². The first-order chi connectivity index (χ1) is 13.1. The van der Waals surface area contributed by atoms with E-state index in [0.717, 1.165) is 40.4 Å². The summed E-state index contributed by atoms with van der Waals surface area (Å²) in [7, 11) is 3.34. The number of rotatable bonds is 8. The van der Waals surface area contributed by atoms with Gasteiger partial charge in [0.2, 0.25) is 0 Å². The minimum Gasteiger partial charge on any atom is -0.497 e. The molecule has 0 heterocycles. The van der Waals surface area contributed by atoms with Gasteiger partial charge in [0.05, 0.1) is 25.3 Å². The zero-order valence-electron chi connectivity index (χ0n) is 15.8. The van der Waals surface area contributed by atoms with E-state index in [1.165, 1.54) is 16.3 Å². The molecule has 0 aliphatic rings. The van der Waals surface area contributed by atoms with Gasteiger partial charge in [-0.25, -0.2) is 0 Å². The van der Waals surface area contributed by atoms with Crippen molar-refractivity contribution in [3.05, 3.63) is 64.1 Å². The van der Waals surface area contributed by atoms with Gasteiger partial charge in [-0.05, 0) is 75.1 Å². The van der Waals surface area contributed by atoms with Gasteiger partial charge in [-0.3, -0.25) is 0 Å². The molecule has 3 aromatic carbocycles. The van der Waals surface area contributed by atoms with E-state index >= 15 is 0 Å². The largest absolute Gasteiger partial charge is 0.497 e. The molecule has 142 valence electrons. The lowest BCUT2D eigenvalue weighted by Gasteiger charge is -2.14. The second-order valence-electron chi connectivity index (χ2n) is 6.19. The molecule has 0 fully saturated rings. The first kappa shape index (κ1) is 19.5. The molecular weight excluding hydrogens is 406 g/mol. The first-order valence-electron chi connectivity index (χ1n) is 8.91. The maximum atomic E-state index is 5.69. The van der Waals surface area contributed by atoms with E-state index in [9.17, 15) is 0 Å². The van der Waals surface area contributed by atoms with Gasteiger partial charge in [-0.2, -0.15) is 0 Å². The third-order valence-corrected chi connectivity index (χ3v) is 4.93. The summed E-state index contributed by atoms with van der Waals surface area (Å²) in [6.45, 7) is 4.09. The Hall–Kier alpha value is -2.24. The van der Waals surface area contributed by atoms with Crippen LogP contribution in [0.25, 0.3) is 10.8 Å². The van der Waals surface area contributed by atoms with Gasteiger partial charge < -0.3 is 19.5 Å². The van der Waals surface area contributed by atoms with Crippen LogP contribution in [0.4, 0.5) is 0 Å². The number of nitrogens with one attached hydrogen (secondary N) is 1. The Morgan fingerprint density at radius 1 is 0.852 bits per heavy atom. The second-order valence-corrected chi connectivity index (χ2v) is 7.05. The van der Waals surface area contributed by atoms with Crippen LogP contribution in [0.3, 0.4) is 0 Å². The molecule has 0 bridgehead atoms. The molecule has 0 saturated carbocycles. The lowest BCUT2D eigenvalue weighted by atomic mass is 10.1. The smallest absolute Gasteiger partial charge is 0.174 e. The van der Waals surface area contributed by atoms with Gasteiger partial charge >= 0.3 is 0 Å². The maximum Gasteiger partial charge on any atom is 0.174 e. The molecule has 0 aromatic heterocycles. The summed E-state index contributed by atoms with van der Waals surface area (Å²) in [5.74, 6) is 2.36. The first-order valence-corrected chi connectivity index (χ1v) is 9.70. The number of ether oxygens (including phenoxy) is 3. The fraction of sp³-hybridized carbons (Fsp3) is 0.273. The van der Waals surface area contributed by atoms with Crippen LogP contribution in [0, 0.1) is 0 Å². The lowest BCUT2D eigenvalue weighted by Crippen LogP contribution is -2.13. The van der Waals surface area contributed by atoms with Gasteiger partial charge in [-0.15, -0.1) is 0 Å². The molecule has 0 unspecified atom stereocenters. The van der Waals surface area contributed by atoms with Crippen molar-refractivity contribution in [1.82, 2.24) is 5.32 Å². The van der Waals surface area contributed by atoms with Crippen molar-refractivity contribution >= 4 is 26.7 Å². The van der Waals surface area contributed by atoms with Crippen LogP contribution in [0.2, 0.25) is 0 Å². The quantitative estimate of drug-likeness (QED) is 0.526. The molecule has 1 N–H and O–H groups in total. The van der Waals surface area contributed by atoms with Crippen molar-refractivity contribution in [3.63, 3.8) is 0 Å². The monoisotopic (exact) mass is 429 g/mol. The van der Waals surface area contributed by atoms with E-state index < -0.39 is 0 Å². The molecule has 0 saturated heterocycles. The summed E-state index contributed by atoms with van der Waals surface area (Å²) in [6, 6.07) is 16.7. The fourth-order valence-electron chi connectivity index (χ4n) is 3.05. The van der Waals surface area contributed by atoms with Crippen LogP contribution < -0.4 is 19.5 Å². The molecule has 5 heteroatoms. The molecule has 3 rings (SSSR count). The van der Waals surface area contributed by atoms with E-state index in [0.29, 0.717) is 6.61 Å². The summed E-state index contributed by atoms with van der Waals surface area (Å²) in [6.07, 6.45) is 0. The molecule has 4 nitrogen and oxygen atoms in total. The second kappa shape index (κ2) is 9.11. The van der Waals surface area contributed by atoms with Crippen molar-refractivity contribution in [3.8, 4) is 17.2 Å². The van der Waals surface area contributed by atoms with Crippen molar-refractivity contribution in [2.24, 2.45) is 0 Å². The summed E-state index contributed by atoms with van der Waals surface area (Å²) in [4.78, 5) is 0. The Morgan fingerprint density at radius 2 is 1.59 bits per heavy atom. The van der Waals surface area contributed by atoms with Gasteiger partial charge in [0.15, 0.2) is 11.5 Å². The van der Waals surface area contributed by atoms with Crippen molar-refractivity contribution in [1.29, 1.82) is 0 Å². The van der Waals surface area contributed by atoms with Crippen LogP contribution in [-0.4, -0.2) is 20.8 Å². The van der Waals surface area contributed by atoms with Crippen LogP contribution in [0.15, 0.2) is 53.0 Å². The minimum atomic E-state index is 0.599. The van der Waals surface area contributed by atoms with Crippen LogP contribution in [0.1, 0.15) is 18.1 Å². The summed E-state index contributed by atoms with van der Waals surface area (Å²) in [5, 5.41) is 5.89. The molecule has 27 heavy (non-hydrogen) atoms. The van der Waals surface area contributed by atoms with Crippen molar-refractivity contribution in [2.75, 3.05) is 20.8 Å². The van der Waals surface area contributed by atoms with Gasteiger partial charge in [0.1, 0.15) is 5.75 Å². The van der Waals surface area contributed by atoms with E-state index in [-0.39, 0.29) is 0 Å². The number of halogens is 1. The normalized spacial score (nSPS) is 10.8. The lowest BCUT2D eigenvalue weighted by molar-refractivity contribution is 0.309. The predicted octanol–water partition coefficient (Wildman–Crippen LogP) is 5.31. The predicted molar refractivity (Wildman–Crippen MR) is 113 cm³/mol. The zero-order chi connectivity index (χ0) is 19.2. The molecule has 0 amide bonds. The third-order valence-electron chi connectivity index (χ3n) is 4.34. The zero-order valence-corrected chi connectivity index (χ0v) is 17.4. The van der Waals surface area contributed by atoms with Crippen molar-refractivity contribution in [2.45, 2.75) is 20.0 Å². The SMILES string of the molecule is CCOc1cc(CNCc2ccc3cc(OC)ccc3c2)cc(Br)c1OC. The Morgan fingerprint density at radius 3 is 2.33 bits per heavy atom. The average Bonchev–Trinajstić information content (AvgIpc) is 2.67. The highest BCUT2D eigenvalue weighted by molar-refractivity contribution is 9.10. The van der Waals surface area contributed by atoms with Crippen LogP contribution in [-0.2, 0) is 13.1 Å². The molecule has 0 radical (unpaired) electrons. The maximum absolute atomic E-state index is 5.69. The summed E-state index contributed by atoms with van der Waals surface area (Å²) >= 11 is 3.56. The minimum absolute atomic E-state index is 0.599.